The molecule has 1 amide bonds. The first kappa shape index (κ1) is 21.4. The van der Waals surface area contributed by atoms with E-state index < -0.39 is 0 Å². The molecule has 0 radical (unpaired) electrons. The Morgan fingerprint density at radius 2 is 2.06 bits per heavy atom. The number of anilines is 1. The standard InChI is InChI=1S/C21H26N6O3S/c1-29-13-12-25(15-19-23-24-21(30-19)17-5-4-14-31-17)16-20(28)27-10-8-26(9-11-27)18-6-2-3-7-22-18/h2-7,14H,8-13,15-16H2,1H3. The first-order valence-corrected chi connectivity index (χ1v) is 11.1. The molecule has 1 saturated heterocycles. The number of nitrogens with zero attached hydrogens (tertiary/aromatic N) is 6. The van der Waals surface area contributed by atoms with Crippen LogP contribution in [0.4, 0.5) is 5.82 Å². The molecule has 0 spiro atoms. The summed E-state index contributed by atoms with van der Waals surface area (Å²) in [5.41, 5.74) is 0. The third kappa shape index (κ3) is 5.66. The zero-order valence-electron chi connectivity index (χ0n) is 17.5. The molecule has 31 heavy (non-hydrogen) atoms. The van der Waals surface area contributed by atoms with E-state index >= 15 is 0 Å². The molecular formula is C21H26N6O3S. The van der Waals surface area contributed by atoms with E-state index in [9.17, 15) is 4.79 Å². The minimum atomic E-state index is 0.0924. The Balaban J connectivity index is 1.33. The van der Waals surface area contributed by atoms with Crippen LogP contribution in [0.15, 0.2) is 46.3 Å². The second kappa shape index (κ2) is 10.5. The lowest BCUT2D eigenvalue weighted by Gasteiger charge is -2.36. The van der Waals surface area contributed by atoms with Crippen LogP contribution in [0.3, 0.4) is 0 Å². The van der Waals surface area contributed by atoms with Gasteiger partial charge in [-0.3, -0.25) is 9.69 Å². The first-order valence-electron chi connectivity index (χ1n) is 10.2. The number of carbonyl (C=O) groups is 1. The molecule has 1 aliphatic heterocycles. The van der Waals surface area contributed by atoms with Crippen LogP contribution in [0.2, 0.25) is 0 Å². The molecule has 0 N–H and O–H groups in total. The van der Waals surface area contributed by atoms with Gasteiger partial charge in [0, 0.05) is 46.0 Å². The first-order chi connectivity index (χ1) is 15.2. The highest BCUT2D eigenvalue weighted by Gasteiger charge is 2.24. The summed E-state index contributed by atoms with van der Waals surface area (Å²) in [5, 5.41) is 10.2. The number of piperazine rings is 1. The second-order valence-electron chi connectivity index (χ2n) is 7.24. The molecule has 0 unspecified atom stereocenters. The fraction of sp³-hybridized carbons (Fsp3) is 0.429. The smallest absolute Gasteiger partial charge is 0.257 e. The third-order valence-corrected chi connectivity index (χ3v) is 5.99. The molecule has 4 heterocycles. The van der Waals surface area contributed by atoms with E-state index in [0.29, 0.717) is 44.6 Å². The van der Waals surface area contributed by atoms with E-state index in [0.717, 1.165) is 23.8 Å². The van der Waals surface area contributed by atoms with Crippen molar-refractivity contribution in [1.82, 2.24) is 25.0 Å². The van der Waals surface area contributed by atoms with Gasteiger partial charge in [0.2, 0.25) is 11.8 Å². The molecule has 9 nitrogen and oxygen atoms in total. The monoisotopic (exact) mass is 442 g/mol. The number of thiophene rings is 1. The van der Waals surface area contributed by atoms with Crippen LogP contribution >= 0.6 is 11.3 Å². The second-order valence-corrected chi connectivity index (χ2v) is 8.19. The van der Waals surface area contributed by atoms with Gasteiger partial charge >= 0.3 is 0 Å². The zero-order chi connectivity index (χ0) is 21.5. The molecule has 164 valence electrons. The van der Waals surface area contributed by atoms with Gasteiger partial charge in [-0.15, -0.1) is 21.5 Å². The Morgan fingerprint density at radius 1 is 1.19 bits per heavy atom. The van der Waals surface area contributed by atoms with E-state index in [4.69, 9.17) is 9.15 Å². The van der Waals surface area contributed by atoms with Crippen molar-refractivity contribution in [2.45, 2.75) is 6.54 Å². The van der Waals surface area contributed by atoms with Gasteiger partial charge < -0.3 is 19.0 Å². The number of aromatic nitrogens is 3. The van der Waals surface area contributed by atoms with Crippen LogP contribution in [-0.4, -0.2) is 83.9 Å². The van der Waals surface area contributed by atoms with Crippen LogP contribution in [-0.2, 0) is 16.1 Å². The van der Waals surface area contributed by atoms with Gasteiger partial charge in [0.25, 0.3) is 5.89 Å². The number of methoxy groups -OCH3 is 1. The Kier molecular flexibility index (Phi) is 7.23. The molecule has 1 fully saturated rings. The lowest BCUT2D eigenvalue weighted by molar-refractivity contribution is -0.133. The normalized spacial score (nSPS) is 14.4. The zero-order valence-corrected chi connectivity index (χ0v) is 18.3. The fourth-order valence-corrected chi connectivity index (χ4v) is 4.10. The Labute approximate surface area is 185 Å². The molecule has 4 rings (SSSR count). The van der Waals surface area contributed by atoms with Gasteiger partial charge in [-0.1, -0.05) is 12.1 Å². The van der Waals surface area contributed by atoms with Crippen molar-refractivity contribution in [3.63, 3.8) is 0 Å². The van der Waals surface area contributed by atoms with Crippen molar-refractivity contribution >= 4 is 23.1 Å². The summed E-state index contributed by atoms with van der Waals surface area (Å²) >= 11 is 1.55. The van der Waals surface area contributed by atoms with Crippen LogP contribution in [0, 0.1) is 0 Å². The van der Waals surface area contributed by atoms with Crippen molar-refractivity contribution in [2.24, 2.45) is 0 Å². The number of hydrogen-bond acceptors (Lipinski definition) is 9. The summed E-state index contributed by atoms with van der Waals surface area (Å²) in [5.74, 6) is 2.05. The molecule has 0 atom stereocenters. The number of carbonyl (C=O) groups excluding carboxylic acids is 1. The number of pyridine rings is 1. The van der Waals surface area contributed by atoms with Crippen molar-refractivity contribution in [1.29, 1.82) is 0 Å². The molecule has 0 saturated carbocycles. The molecule has 10 heteroatoms. The van der Waals surface area contributed by atoms with Crippen LogP contribution in [0.5, 0.6) is 0 Å². The third-order valence-electron chi connectivity index (χ3n) is 5.13. The van der Waals surface area contributed by atoms with Crippen molar-refractivity contribution in [3.05, 3.63) is 47.8 Å². The maximum Gasteiger partial charge on any atom is 0.257 e. The Hall–Kier alpha value is -2.82. The van der Waals surface area contributed by atoms with Gasteiger partial charge in [-0.05, 0) is 23.6 Å². The van der Waals surface area contributed by atoms with Gasteiger partial charge in [-0.25, -0.2) is 4.98 Å². The lowest BCUT2D eigenvalue weighted by atomic mass is 10.3. The van der Waals surface area contributed by atoms with Crippen LogP contribution < -0.4 is 4.90 Å². The molecule has 3 aromatic rings. The minimum absolute atomic E-state index is 0.0924. The fourth-order valence-electron chi connectivity index (χ4n) is 3.46. The molecule has 0 aliphatic carbocycles. The number of rotatable bonds is 9. The summed E-state index contributed by atoms with van der Waals surface area (Å²) in [7, 11) is 1.65. The van der Waals surface area contributed by atoms with E-state index in [1.165, 1.54) is 0 Å². The Morgan fingerprint density at radius 3 is 2.77 bits per heavy atom. The number of amides is 1. The molecule has 3 aromatic heterocycles. The highest BCUT2D eigenvalue weighted by molar-refractivity contribution is 7.13. The van der Waals surface area contributed by atoms with Crippen LogP contribution in [0.1, 0.15) is 5.89 Å². The van der Waals surface area contributed by atoms with Crippen LogP contribution in [0.25, 0.3) is 10.8 Å². The Bertz CT molecular complexity index is 941. The van der Waals surface area contributed by atoms with E-state index in [1.807, 2.05) is 45.5 Å². The van der Waals surface area contributed by atoms with Gasteiger partial charge in [0.15, 0.2) is 0 Å². The maximum absolute atomic E-state index is 12.9. The molecule has 0 bridgehead atoms. The molecule has 0 aromatic carbocycles. The topological polar surface area (TPSA) is 87.8 Å². The SMILES string of the molecule is COCCN(CC(=O)N1CCN(c2ccccn2)CC1)Cc1nnc(-c2cccs2)o1. The van der Waals surface area contributed by atoms with Crippen molar-refractivity contribution in [3.8, 4) is 10.8 Å². The van der Waals surface area contributed by atoms with Gasteiger partial charge in [-0.2, -0.15) is 0 Å². The van der Waals surface area contributed by atoms with Crippen molar-refractivity contribution < 1.29 is 13.9 Å². The molecule has 1 aliphatic rings. The average molecular weight is 443 g/mol. The largest absolute Gasteiger partial charge is 0.419 e. The average Bonchev–Trinajstić information content (AvgIpc) is 3.50. The highest BCUT2D eigenvalue weighted by atomic mass is 32.1. The predicted molar refractivity (Wildman–Crippen MR) is 118 cm³/mol. The lowest BCUT2D eigenvalue weighted by Crippen LogP contribution is -2.51. The van der Waals surface area contributed by atoms with E-state index in [1.54, 1.807) is 24.6 Å². The summed E-state index contributed by atoms with van der Waals surface area (Å²) in [6.07, 6.45) is 1.79. The van der Waals surface area contributed by atoms with Crippen molar-refractivity contribution in [2.75, 3.05) is 57.9 Å². The van der Waals surface area contributed by atoms with Gasteiger partial charge in [0.1, 0.15) is 5.82 Å². The summed E-state index contributed by atoms with van der Waals surface area (Å²) in [6, 6.07) is 9.78. The predicted octanol–water partition coefficient (Wildman–Crippen LogP) is 1.99. The quantitative estimate of drug-likeness (QED) is 0.497. The maximum atomic E-state index is 12.9. The van der Waals surface area contributed by atoms with E-state index in [-0.39, 0.29) is 12.5 Å². The summed E-state index contributed by atoms with van der Waals surface area (Å²) in [6.45, 7) is 4.71. The number of ether oxygens (including phenoxy) is 1. The summed E-state index contributed by atoms with van der Waals surface area (Å²) < 4.78 is 11.0. The summed E-state index contributed by atoms with van der Waals surface area (Å²) in [4.78, 5) is 24.4. The minimum Gasteiger partial charge on any atom is -0.419 e. The molecular weight excluding hydrogens is 416 g/mol. The van der Waals surface area contributed by atoms with Gasteiger partial charge in [0.05, 0.1) is 24.6 Å². The highest BCUT2D eigenvalue weighted by Crippen LogP contribution is 2.23. The van der Waals surface area contributed by atoms with E-state index in [2.05, 4.69) is 20.1 Å². The number of hydrogen-bond donors (Lipinski definition) is 0.